The zero-order chi connectivity index (χ0) is 11.9. The van der Waals surface area contributed by atoms with Gasteiger partial charge >= 0.3 is 0 Å². The molecule has 1 aromatic heterocycles. The highest BCUT2D eigenvalue weighted by atomic mass is 16.2. The second-order valence-electron chi connectivity index (χ2n) is 4.01. The monoisotopic (exact) mass is 229 g/mol. The summed E-state index contributed by atoms with van der Waals surface area (Å²) in [4.78, 5) is 15.5. The van der Waals surface area contributed by atoms with Gasteiger partial charge in [-0.05, 0) is 37.3 Å². The number of carbonyl (C=O) groups is 1. The highest BCUT2D eigenvalue weighted by Gasteiger charge is 2.07. The molecule has 1 N–H and O–H groups in total. The summed E-state index contributed by atoms with van der Waals surface area (Å²) in [5, 5.41) is 3.99. The van der Waals surface area contributed by atoms with Crippen LogP contribution in [0.2, 0.25) is 0 Å². The summed E-state index contributed by atoms with van der Waals surface area (Å²) >= 11 is 0. The first-order valence-corrected chi connectivity index (χ1v) is 5.75. The molecule has 0 spiro atoms. The average Bonchev–Trinajstić information content (AvgIpc) is 2.41. The highest BCUT2D eigenvalue weighted by molar-refractivity contribution is 5.93. The SMILES string of the molecule is O=C(N/N=C\[C@@H]1CC=CCC1)c1cccnc1. The van der Waals surface area contributed by atoms with Gasteiger partial charge in [0.15, 0.2) is 0 Å². The number of nitrogens with one attached hydrogen (secondary N) is 1. The van der Waals surface area contributed by atoms with E-state index in [1.807, 2.05) is 6.21 Å². The molecular weight excluding hydrogens is 214 g/mol. The minimum atomic E-state index is -0.222. The second kappa shape index (κ2) is 5.94. The molecule has 0 bridgehead atoms. The van der Waals surface area contributed by atoms with Crippen LogP contribution in [0.3, 0.4) is 0 Å². The van der Waals surface area contributed by atoms with E-state index in [1.54, 1.807) is 18.3 Å². The third-order valence-corrected chi connectivity index (χ3v) is 2.68. The number of hydrogen-bond acceptors (Lipinski definition) is 3. The first-order valence-electron chi connectivity index (χ1n) is 5.75. The fourth-order valence-corrected chi connectivity index (χ4v) is 1.72. The first kappa shape index (κ1) is 11.5. The van der Waals surface area contributed by atoms with Gasteiger partial charge in [0.2, 0.25) is 0 Å². The number of pyridine rings is 1. The maximum absolute atomic E-state index is 11.6. The van der Waals surface area contributed by atoms with Gasteiger partial charge in [-0.25, -0.2) is 5.43 Å². The van der Waals surface area contributed by atoms with E-state index in [-0.39, 0.29) is 5.91 Å². The standard InChI is InChI=1S/C13H15N3O/c17-13(12-7-4-8-14-10-12)16-15-9-11-5-2-1-3-6-11/h1-2,4,7-11H,3,5-6H2,(H,16,17)/b15-9-/t11-/m1/s1. The molecule has 1 aliphatic rings. The van der Waals surface area contributed by atoms with Crippen LogP contribution in [0.15, 0.2) is 41.8 Å². The number of amides is 1. The summed E-state index contributed by atoms with van der Waals surface area (Å²) in [7, 11) is 0. The van der Waals surface area contributed by atoms with Crippen LogP contribution in [0.4, 0.5) is 0 Å². The molecule has 1 aliphatic carbocycles. The smallest absolute Gasteiger partial charge is 0.267 e. The molecule has 2 rings (SSSR count). The van der Waals surface area contributed by atoms with Crippen molar-refractivity contribution in [3.8, 4) is 0 Å². The lowest BCUT2D eigenvalue weighted by atomic mass is 9.96. The molecule has 1 aromatic rings. The summed E-state index contributed by atoms with van der Waals surface area (Å²) in [6.45, 7) is 0. The molecule has 0 saturated carbocycles. The third-order valence-electron chi connectivity index (χ3n) is 2.68. The van der Waals surface area contributed by atoms with Gasteiger partial charge in [-0.1, -0.05) is 12.2 Å². The van der Waals surface area contributed by atoms with Crippen LogP contribution in [0.5, 0.6) is 0 Å². The Morgan fingerprint density at radius 2 is 2.47 bits per heavy atom. The predicted molar refractivity (Wildman–Crippen MR) is 66.7 cm³/mol. The lowest BCUT2D eigenvalue weighted by Crippen LogP contribution is -2.18. The Morgan fingerprint density at radius 1 is 1.53 bits per heavy atom. The van der Waals surface area contributed by atoms with E-state index < -0.39 is 0 Å². The van der Waals surface area contributed by atoms with Crippen molar-refractivity contribution in [1.82, 2.24) is 10.4 Å². The summed E-state index contributed by atoms with van der Waals surface area (Å²) in [6.07, 6.45) is 12.5. The van der Waals surface area contributed by atoms with Crippen molar-refractivity contribution in [2.45, 2.75) is 19.3 Å². The van der Waals surface area contributed by atoms with Crippen LogP contribution in [0.1, 0.15) is 29.6 Å². The van der Waals surface area contributed by atoms with Crippen molar-refractivity contribution in [3.05, 3.63) is 42.2 Å². The van der Waals surface area contributed by atoms with Crippen molar-refractivity contribution in [3.63, 3.8) is 0 Å². The number of hydrazone groups is 1. The van der Waals surface area contributed by atoms with Crippen molar-refractivity contribution >= 4 is 12.1 Å². The topological polar surface area (TPSA) is 54.4 Å². The second-order valence-corrected chi connectivity index (χ2v) is 4.01. The van der Waals surface area contributed by atoms with Crippen LogP contribution in [-0.4, -0.2) is 17.1 Å². The summed E-state index contributed by atoms with van der Waals surface area (Å²) < 4.78 is 0. The third kappa shape index (κ3) is 3.52. The first-order chi connectivity index (χ1) is 8.36. The Labute approximate surface area is 100 Å². The summed E-state index contributed by atoms with van der Waals surface area (Å²) in [6, 6.07) is 3.44. The maximum atomic E-state index is 11.6. The van der Waals surface area contributed by atoms with Crippen LogP contribution < -0.4 is 5.43 Å². The van der Waals surface area contributed by atoms with Crippen LogP contribution in [0.25, 0.3) is 0 Å². The van der Waals surface area contributed by atoms with Crippen LogP contribution in [0, 0.1) is 5.92 Å². The van der Waals surface area contributed by atoms with Gasteiger partial charge in [0.25, 0.3) is 5.91 Å². The maximum Gasteiger partial charge on any atom is 0.272 e. The van der Waals surface area contributed by atoms with Crippen molar-refractivity contribution in [2.75, 3.05) is 0 Å². The Kier molecular flexibility index (Phi) is 4.02. The molecule has 0 aliphatic heterocycles. The number of carbonyl (C=O) groups excluding carboxylic acids is 1. The van der Waals surface area contributed by atoms with Gasteiger partial charge in [0, 0.05) is 18.6 Å². The van der Waals surface area contributed by atoms with Gasteiger partial charge in [-0.3, -0.25) is 9.78 Å². The fourth-order valence-electron chi connectivity index (χ4n) is 1.72. The molecule has 4 nitrogen and oxygen atoms in total. The zero-order valence-corrected chi connectivity index (χ0v) is 9.54. The Bertz CT molecular complexity index is 426. The molecule has 0 unspecified atom stereocenters. The van der Waals surface area contributed by atoms with E-state index in [9.17, 15) is 4.79 Å². The fraction of sp³-hybridized carbons (Fsp3) is 0.308. The minimum absolute atomic E-state index is 0.222. The largest absolute Gasteiger partial charge is 0.272 e. The van der Waals surface area contributed by atoms with E-state index in [0.717, 1.165) is 19.3 Å². The molecular formula is C13H15N3O. The molecule has 4 heteroatoms. The number of hydrogen-bond donors (Lipinski definition) is 1. The highest BCUT2D eigenvalue weighted by Crippen LogP contribution is 2.15. The van der Waals surface area contributed by atoms with Gasteiger partial charge < -0.3 is 0 Å². The van der Waals surface area contributed by atoms with Crippen molar-refractivity contribution in [2.24, 2.45) is 11.0 Å². The van der Waals surface area contributed by atoms with Crippen LogP contribution in [-0.2, 0) is 0 Å². The molecule has 0 radical (unpaired) electrons. The van der Waals surface area contributed by atoms with Crippen molar-refractivity contribution < 1.29 is 4.79 Å². The van der Waals surface area contributed by atoms with E-state index in [2.05, 4.69) is 27.7 Å². The zero-order valence-electron chi connectivity index (χ0n) is 9.54. The average molecular weight is 229 g/mol. The molecule has 0 fully saturated rings. The molecule has 1 atom stereocenters. The molecule has 0 aromatic carbocycles. The molecule has 0 saturated heterocycles. The quantitative estimate of drug-likeness (QED) is 0.490. The number of aromatic nitrogens is 1. The van der Waals surface area contributed by atoms with Gasteiger partial charge in [-0.15, -0.1) is 0 Å². The Morgan fingerprint density at radius 3 is 3.18 bits per heavy atom. The molecule has 1 heterocycles. The number of nitrogens with zero attached hydrogens (tertiary/aromatic N) is 2. The van der Waals surface area contributed by atoms with Crippen LogP contribution >= 0.6 is 0 Å². The normalized spacial score (nSPS) is 19.4. The van der Waals surface area contributed by atoms with Crippen molar-refractivity contribution in [1.29, 1.82) is 0 Å². The lowest BCUT2D eigenvalue weighted by molar-refractivity contribution is 0.0954. The Balaban J connectivity index is 1.84. The van der Waals surface area contributed by atoms with E-state index >= 15 is 0 Å². The van der Waals surface area contributed by atoms with Gasteiger partial charge in [0.1, 0.15) is 0 Å². The summed E-state index contributed by atoms with van der Waals surface area (Å²) in [5.74, 6) is 0.217. The molecule has 17 heavy (non-hydrogen) atoms. The van der Waals surface area contributed by atoms with E-state index in [1.165, 1.54) is 6.20 Å². The number of allylic oxidation sites excluding steroid dienone is 2. The van der Waals surface area contributed by atoms with E-state index in [4.69, 9.17) is 0 Å². The predicted octanol–water partition coefficient (Wildman–Crippen LogP) is 2.15. The van der Waals surface area contributed by atoms with Gasteiger partial charge in [0.05, 0.1) is 5.56 Å². The Hall–Kier alpha value is -1.97. The number of rotatable bonds is 3. The minimum Gasteiger partial charge on any atom is -0.267 e. The van der Waals surface area contributed by atoms with E-state index in [0.29, 0.717) is 11.5 Å². The molecule has 1 amide bonds. The molecule has 88 valence electrons. The summed E-state index contributed by atoms with van der Waals surface area (Å²) in [5.41, 5.74) is 3.03. The van der Waals surface area contributed by atoms with Gasteiger partial charge in [-0.2, -0.15) is 5.10 Å². The lowest BCUT2D eigenvalue weighted by Gasteiger charge is -2.11.